The van der Waals surface area contributed by atoms with Gasteiger partial charge in [-0.15, -0.1) is 0 Å². The number of anilines is 1. The highest BCUT2D eigenvalue weighted by molar-refractivity contribution is 5.89. The van der Waals surface area contributed by atoms with Gasteiger partial charge in [0, 0.05) is 24.4 Å². The number of non-ortho nitro benzene ring substituents is 1. The Morgan fingerprint density at radius 2 is 2.28 bits per heavy atom. The third-order valence-electron chi connectivity index (χ3n) is 2.28. The average Bonchev–Trinajstić information content (AvgIpc) is 2.36. The van der Waals surface area contributed by atoms with Crippen molar-refractivity contribution in [2.75, 3.05) is 11.9 Å². The number of carbonyl (C=O) groups is 1. The summed E-state index contributed by atoms with van der Waals surface area (Å²) in [5, 5.41) is 24.7. The topological polar surface area (TPSA) is 104 Å². The smallest absolute Gasteiger partial charge is 0.319 e. The Labute approximate surface area is 104 Å². The Balaban J connectivity index is 2.54. The first-order chi connectivity index (χ1) is 8.52. The molecular weight excluding hydrogens is 238 g/mol. The van der Waals surface area contributed by atoms with Crippen LogP contribution in [0.1, 0.15) is 13.3 Å². The molecule has 1 aromatic rings. The zero-order chi connectivity index (χ0) is 13.5. The van der Waals surface area contributed by atoms with Crippen molar-refractivity contribution in [1.29, 1.82) is 0 Å². The maximum atomic E-state index is 11.4. The lowest BCUT2D eigenvalue weighted by Crippen LogP contribution is -2.34. The van der Waals surface area contributed by atoms with E-state index in [2.05, 4.69) is 10.6 Å². The van der Waals surface area contributed by atoms with Gasteiger partial charge >= 0.3 is 6.03 Å². The normalized spacial score (nSPS) is 11.7. The molecule has 0 radical (unpaired) electrons. The summed E-state index contributed by atoms with van der Waals surface area (Å²) in [4.78, 5) is 21.4. The van der Waals surface area contributed by atoms with Crippen molar-refractivity contribution in [3.05, 3.63) is 34.4 Å². The highest BCUT2D eigenvalue weighted by Gasteiger charge is 2.08. The Morgan fingerprint density at radius 3 is 2.89 bits per heavy atom. The van der Waals surface area contributed by atoms with Crippen LogP contribution < -0.4 is 10.6 Å². The molecule has 0 heterocycles. The summed E-state index contributed by atoms with van der Waals surface area (Å²) in [5.41, 5.74) is 0.231. The van der Waals surface area contributed by atoms with Crippen molar-refractivity contribution in [2.45, 2.75) is 19.4 Å². The van der Waals surface area contributed by atoms with Gasteiger partial charge in [-0.1, -0.05) is 13.0 Å². The van der Waals surface area contributed by atoms with E-state index < -0.39 is 17.1 Å². The van der Waals surface area contributed by atoms with Gasteiger partial charge in [0.25, 0.3) is 5.69 Å². The third kappa shape index (κ3) is 4.38. The predicted octanol–water partition coefficient (Wildman–Crippen LogP) is 1.49. The fourth-order valence-corrected chi connectivity index (χ4v) is 1.23. The number of urea groups is 1. The van der Waals surface area contributed by atoms with Crippen molar-refractivity contribution in [1.82, 2.24) is 5.32 Å². The SMILES string of the molecule is CCC(O)CNC(=O)Nc1cccc([N+](=O)[O-])c1. The molecule has 0 saturated heterocycles. The fraction of sp³-hybridized carbons (Fsp3) is 0.364. The Bertz CT molecular complexity index is 436. The van der Waals surface area contributed by atoms with Gasteiger partial charge in [0.15, 0.2) is 0 Å². The van der Waals surface area contributed by atoms with Gasteiger partial charge in [-0.25, -0.2) is 4.79 Å². The number of hydrogen-bond acceptors (Lipinski definition) is 4. The molecule has 1 aromatic carbocycles. The van der Waals surface area contributed by atoms with E-state index in [0.717, 1.165) is 0 Å². The molecule has 0 aliphatic heterocycles. The molecule has 18 heavy (non-hydrogen) atoms. The number of rotatable bonds is 5. The van der Waals surface area contributed by atoms with Gasteiger partial charge in [0.05, 0.1) is 11.0 Å². The molecule has 1 unspecified atom stereocenters. The molecule has 7 nitrogen and oxygen atoms in total. The van der Waals surface area contributed by atoms with Crippen LogP contribution in [0.3, 0.4) is 0 Å². The molecule has 1 atom stereocenters. The minimum absolute atomic E-state index is 0.0959. The summed E-state index contributed by atoms with van der Waals surface area (Å²) in [6, 6.07) is 5.11. The van der Waals surface area contributed by atoms with Gasteiger partial charge < -0.3 is 15.7 Å². The van der Waals surface area contributed by atoms with E-state index in [9.17, 15) is 20.0 Å². The zero-order valence-electron chi connectivity index (χ0n) is 9.92. The molecule has 0 aliphatic carbocycles. The number of nitrogens with one attached hydrogen (secondary N) is 2. The predicted molar refractivity (Wildman–Crippen MR) is 66.4 cm³/mol. The van der Waals surface area contributed by atoms with Gasteiger partial charge in [-0.05, 0) is 12.5 Å². The molecule has 0 bridgehead atoms. The first-order valence-electron chi connectivity index (χ1n) is 5.50. The van der Waals surface area contributed by atoms with Crippen LogP contribution in [-0.2, 0) is 0 Å². The maximum Gasteiger partial charge on any atom is 0.319 e. The van der Waals surface area contributed by atoms with Crippen LogP contribution in [0, 0.1) is 10.1 Å². The van der Waals surface area contributed by atoms with E-state index in [0.29, 0.717) is 12.1 Å². The largest absolute Gasteiger partial charge is 0.391 e. The molecular formula is C11H15N3O4. The lowest BCUT2D eigenvalue weighted by Gasteiger charge is -2.10. The van der Waals surface area contributed by atoms with Crippen molar-refractivity contribution >= 4 is 17.4 Å². The second-order valence-electron chi connectivity index (χ2n) is 3.70. The van der Waals surface area contributed by atoms with Gasteiger partial charge in [-0.2, -0.15) is 0 Å². The number of aliphatic hydroxyl groups excluding tert-OH is 1. The van der Waals surface area contributed by atoms with Crippen molar-refractivity contribution in [2.24, 2.45) is 0 Å². The third-order valence-corrected chi connectivity index (χ3v) is 2.28. The number of benzene rings is 1. The molecule has 0 aliphatic rings. The molecule has 0 fully saturated rings. The lowest BCUT2D eigenvalue weighted by atomic mass is 10.3. The van der Waals surface area contributed by atoms with E-state index in [4.69, 9.17) is 0 Å². The zero-order valence-corrected chi connectivity index (χ0v) is 9.92. The second-order valence-corrected chi connectivity index (χ2v) is 3.70. The van der Waals surface area contributed by atoms with Crippen molar-refractivity contribution in [3.8, 4) is 0 Å². The summed E-state index contributed by atoms with van der Waals surface area (Å²) in [7, 11) is 0. The standard InChI is InChI=1S/C11H15N3O4/c1-2-10(15)7-12-11(16)13-8-4-3-5-9(6-8)14(17)18/h3-6,10,15H,2,7H2,1H3,(H2,12,13,16). The van der Waals surface area contributed by atoms with Crippen molar-refractivity contribution in [3.63, 3.8) is 0 Å². The monoisotopic (exact) mass is 253 g/mol. The van der Waals surface area contributed by atoms with E-state index in [-0.39, 0.29) is 12.2 Å². The molecule has 3 N–H and O–H groups in total. The minimum atomic E-state index is -0.596. The van der Waals surface area contributed by atoms with E-state index in [1.54, 1.807) is 13.0 Å². The van der Waals surface area contributed by atoms with Crippen molar-refractivity contribution < 1.29 is 14.8 Å². The number of hydrogen-bond donors (Lipinski definition) is 3. The molecule has 1 rings (SSSR count). The summed E-state index contributed by atoms with van der Waals surface area (Å²) >= 11 is 0. The summed E-state index contributed by atoms with van der Waals surface area (Å²) in [6.45, 7) is 1.93. The molecule has 98 valence electrons. The van der Waals surface area contributed by atoms with Crippen LogP contribution in [0.5, 0.6) is 0 Å². The first kappa shape index (κ1) is 13.9. The number of nitro benzene ring substituents is 1. The van der Waals surface area contributed by atoms with E-state index >= 15 is 0 Å². The Morgan fingerprint density at radius 1 is 1.56 bits per heavy atom. The van der Waals surface area contributed by atoms with E-state index in [1.807, 2.05) is 0 Å². The first-order valence-corrected chi connectivity index (χ1v) is 5.50. The minimum Gasteiger partial charge on any atom is -0.391 e. The molecule has 2 amide bonds. The molecule has 0 saturated carbocycles. The highest BCUT2D eigenvalue weighted by Crippen LogP contribution is 2.16. The van der Waals surface area contributed by atoms with E-state index in [1.165, 1.54) is 18.2 Å². The Hall–Kier alpha value is -2.15. The van der Waals surface area contributed by atoms with Crippen LogP contribution in [-0.4, -0.2) is 28.7 Å². The average molecular weight is 253 g/mol. The number of amides is 2. The molecule has 0 aromatic heterocycles. The van der Waals surface area contributed by atoms with Crippen LogP contribution in [0.15, 0.2) is 24.3 Å². The van der Waals surface area contributed by atoms with Gasteiger partial charge in [0.1, 0.15) is 0 Å². The molecule has 0 spiro atoms. The Kier molecular flexibility index (Phi) is 5.06. The summed E-state index contributed by atoms with van der Waals surface area (Å²) < 4.78 is 0. The van der Waals surface area contributed by atoms with Crippen LogP contribution >= 0.6 is 0 Å². The summed E-state index contributed by atoms with van der Waals surface area (Å²) in [6.07, 6.45) is -0.0576. The second kappa shape index (κ2) is 6.55. The lowest BCUT2D eigenvalue weighted by molar-refractivity contribution is -0.384. The number of aliphatic hydroxyl groups is 1. The highest BCUT2D eigenvalue weighted by atomic mass is 16.6. The maximum absolute atomic E-state index is 11.4. The molecule has 7 heteroatoms. The van der Waals surface area contributed by atoms with Gasteiger partial charge in [0.2, 0.25) is 0 Å². The quantitative estimate of drug-likeness (QED) is 0.546. The fourth-order valence-electron chi connectivity index (χ4n) is 1.23. The van der Waals surface area contributed by atoms with Gasteiger partial charge in [-0.3, -0.25) is 10.1 Å². The van der Waals surface area contributed by atoms with Crippen LogP contribution in [0.2, 0.25) is 0 Å². The van der Waals surface area contributed by atoms with Crippen LogP contribution in [0.25, 0.3) is 0 Å². The summed E-state index contributed by atoms with van der Waals surface area (Å²) in [5.74, 6) is 0. The van der Waals surface area contributed by atoms with Crippen LogP contribution in [0.4, 0.5) is 16.2 Å². The number of nitro groups is 1. The number of carbonyl (C=O) groups excluding carboxylic acids is 1. The number of nitrogens with zero attached hydrogens (tertiary/aromatic N) is 1.